The van der Waals surface area contributed by atoms with Crippen LogP contribution < -0.4 is 10.1 Å². The molecule has 3 heterocycles. The van der Waals surface area contributed by atoms with Gasteiger partial charge in [0.25, 0.3) is 11.8 Å². The molecule has 0 unspecified atom stereocenters. The average Bonchev–Trinajstić information content (AvgIpc) is 3.45. The number of halogens is 2. The molecule has 0 saturated carbocycles. The second-order valence-electron chi connectivity index (χ2n) is 13.1. The van der Waals surface area contributed by atoms with Gasteiger partial charge in [0.1, 0.15) is 12.4 Å². The molecule has 1 fully saturated rings. The average molecular weight is 691 g/mol. The lowest BCUT2D eigenvalue weighted by Gasteiger charge is -2.40. The fourth-order valence-corrected chi connectivity index (χ4v) is 6.92. The van der Waals surface area contributed by atoms with Crippen molar-refractivity contribution in [3.05, 3.63) is 142 Å². The highest BCUT2D eigenvalue weighted by atomic mass is 19.2. The zero-order valence-corrected chi connectivity index (χ0v) is 28.7. The Morgan fingerprint density at radius 2 is 1.55 bits per heavy atom. The van der Waals surface area contributed by atoms with Gasteiger partial charge in [-0.25, -0.2) is 8.78 Å². The second kappa shape index (κ2) is 14.9. The number of hydrogen-bond acceptors (Lipinski definition) is 5. The van der Waals surface area contributed by atoms with Gasteiger partial charge in [-0.05, 0) is 72.5 Å². The number of rotatable bonds is 9. The van der Waals surface area contributed by atoms with Crippen molar-refractivity contribution >= 4 is 17.5 Å². The van der Waals surface area contributed by atoms with Crippen molar-refractivity contribution in [1.82, 2.24) is 14.4 Å². The van der Waals surface area contributed by atoms with Gasteiger partial charge in [-0.2, -0.15) is 0 Å². The SMILES string of the molecule is Cc1c(C(=O)Nc2ccc(OCc3ccccc3)cc2)cc(-c2cc(F)c(F)cc2C(=O)N2Cc3ccccc3C[C@H]2CN2CCOCC2)n1C. The Balaban J connectivity index is 1.15. The molecule has 1 saturated heterocycles. The van der Waals surface area contributed by atoms with Crippen LogP contribution in [0.5, 0.6) is 5.75 Å². The van der Waals surface area contributed by atoms with Crippen LogP contribution in [0, 0.1) is 18.6 Å². The molecule has 51 heavy (non-hydrogen) atoms. The van der Waals surface area contributed by atoms with Gasteiger partial charge < -0.3 is 24.3 Å². The van der Waals surface area contributed by atoms with E-state index >= 15 is 0 Å². The van der Waals surface area contributed by atoms with Gasteiger partial charge in [0.15, 0.2) is 11.6 Å². The summed E-state index contributed by atoms with van der Waals surface area (Å²) in [5.74, 6) is -2.29. The van der Waals surface area contributed by atoms with E-state index in [-0.39, 0.29) is 23.1 Å². The molecule has 4 aromatic carbocycles. The van der Waals surface area contributed by atoms with Crippen LogP contribution in [-0.4, -0.2) is 65.1 Å². The van der Waals surface area contributed by atoms with Crippen LogP contribution in [0.1, 0.15) is 43.1 Å². The van der Waals surface area contributed by atoms with Crippen molar-refractivity contribution < 1.29 is 27.8 Å². The maximum atomic E-state index is 15.0. The lowest BCUT2D eigenvalue weighted by Crippen LogP contribution is -2.52. The molecule has 2 aliphatic rings. The third kappa shape index (κ3) is 7.43. The third-order valence-corrected chi connectivity index (χ3v) is 9.90. The smallest absolute Gasteiger partial charge is 0.257 e. The number of ether oxygens (including phenoxy) is 2. The van der Waals surface area contributed by atoms with E-state index in [2.05, 4.69) is 16.3 Å². The van der Waals surface area contributed by atoms with E-state index in [0.717, 1.165) is 36.3 Å². The molecule has 5 aromatic rings. The van der Waals surface area contributed by atoms with E-state index in [4.69, 9.17) is 9.47 Å². The van der Waals surface area contributed by atoms with Crippen LogP contribution in [0.3, 0.4) is 0 Å². The number of carbonyl (C=O) groups is 2. The van der Waals surface area contributed by atoms with Gasteiger partial charge in [0, 0.05) is 61.9 Å². The van der Waals surface area contributed by atoms with Crippen molar-refractivity contribution in [1.29, 1.82) is 0 Å². The number of anilines is 1. The van der Waals surface area contributed by atoms with Crippen LogP contribution in [0.2, 0.25) is 0 Å². The summed E-state index contributed by atoms with van der Waals surface area (Å²) in [7, 11) is 1.74. The van der Waals surface area contributed by atoms with Gasteiger partial charge in [-0.3, -0.25) is 14.5 Å². The number of carbonyl (C=O) groups excluding carboxylic acids is 2. The van der Waals surface area contributed by atoms with Crippen LogP contribution in [0.25, 0.3) is 11.3 Å². The molecule has 2 aliphatic heterocycles. The topological polar surface area (TPSA) is 76.0 Å². The second-order valence-corrected chi connectivity index (χ2v) is 13.1. The molecule has 0 spiro atoms. The Morgan fingerprint density at radius 3 is 2.29 bits per heavy atom. The number of hydrogen-bond donors (Lipinski definition) is 1. The summed E-state index contributed by atoms with van der Waals surface area (Å²) in [5, 5.41) is 2.92. The Labute approximate surface area is 296 Å². The number of morpholine rings is 1. The molecule has 0 bridgehead atoms. The number of aromatic nitrogens is 1. The normalized spacial score (nSPS) is 16.1. The van der Waals surface area contributed by atoms with Crippen molar-refractivity contribution in [3.63, 3.8) is 0 Å². The van der Waals surface area contributed by atoms with Crippen LogP contribution in [0.4, 0.5) is 14.5 Å². The standard InChI is InChI=1S/C41H40F2N4O4/c1-27-34(40(48)44-31-12-14-33(15-13-31)51-26-28-8-4-3-5-9-28)23-39(45(27)2)35-21-37(42)38(43)22-36(35)41(49)47-24-30-11-7-6-10-29(30)20-32(47)25-46-16-18-50-19-17-46/h3-15,21-23,32H,16-20,24-26H2,1-2H3,(H,44,48)/t32-/m0/s1. The van der Waals surface area contributed by atoms with Crippen molar-refractivity contribution in [3.8, 4) is 17.0 Å². The summed E-state index contributed by atoms with van der Waals surface area (Å²) in [6.07, 6.45) is 0.645. The molecule has 1 atom stereocenters. The Hall–Kier alpha value is -5.32. The predicted molar refractivity (Wildman–Crippen MR) is 192 cm³/mol. The van der Waals surface area contributed by atoms with Crippen molar-refractivity contribution in [2.24, 2.45) is 7.05 Å². The predicted octanol–water partition coefficient (Wildman–Crippen LogP) is 7.01. The fourth-order valence-electron chi connectivity index (χ4n) is 6.92. The third-order valence-electron chi connectivity index (χ3n) is 9.90. The summed E-state index contributed by atoms with van der Waals surface area (Å²) in [6.45, 7) is 5.96. The van der Waals surface area contributed by atoms with Crippen molar-refractivity contribution in [2.75, 3.05) is 38.2 Å². The molecule has 10 heteroatoms. The maximum absolute atomic E-state index is 15.0. The minimum Gasteiger partial charge on any atom is -0.489 e. The highest BCUT2D eigenvalue weighted by molar-refractivity contribution is 6.07. The summed E-state index contributed by atoms with van der Waals surface area (Å²) in [5.41, 5.74) is 5.44. The van der Waals surface area contributed by atoms with Crippen LogP contribution >= 0.6 is 0 Å². The molecule has 262 valence electrons. The first kappa shape index (κ1) is 34.1. The van der Waals surface area contributed by atoms with Gasteiger partial charge >= 0.3 is 0 Å². The molecular formula is C41H40F2N4O4. The monoisotopic (exact) mass is 690 g/mol. The van der Waals surface area contributed by atoms with E-state index in [1.807, 2.05) is 48.5 Å². The number of nitrogens with zero attached hydrogens (tertiary/aromatic N) is 3. The van der Waals surface area contributed by atoms with E-state index in [1.165, 1.54) is 5.56 Å². The summed E-state index contributed by atoms with van der Waals surface area (Å²) >= 11 is 0. The number of nitrogens with one attached hydrogen (secondary N) is 1. The summed E-state index contributed by atoms with van der Waals surface area (Å²) in [4.78, 5) is 32.2. The highest BCUT2D eigenvalue weighted by Crippen LogP contribution is 2.34. The molecule has 2 amide bonds. The van der Waals surface area contributed by atoms with Gasteiger partial charge in [0.05, 0.1) is 24.3 Å². The number of fused-ring (bicyclic) bond motifs is 1. The maximum Gasteiger partial charge on any atom is 0.257 e. The largest absolute Gasteiger partial charge is 0.489 e. The summed E-state index contributed by atoms with van der Waals surface area (Å²) in [6, 6.07) is 28.4. The minimum atomic E-state index is -1.11. The zero-order valence-electron chi connectivity index (χ0n) is 28.7. The fraction of sp³-hybridized carbons (Fsp3) is 0.268. The Kier molecular flexibility index (Phi) is 9.96. The first-order valence-electron chi connectivity index (χ1n) is 17.2. The van der Waals surface area contributed by atoms with E-state index in [9.17, 15) is 18.4 Å². The molecule has 7 rings (SSSR count). The van der Waals surface area contributed by atoms with Crippen molar-refractivity contribution in [2.45, 2.75) is 32.5 Å². The molecule has 0 aliphatic carbocycles. The number of amides is 2. The van der Waals surface area contributed by atoms with E-state index < -0.39 is 17.5 Å². The first-order valence-corrected chi connectivity index (χ1v) is 17.2. The Morgan fingerprint density at radius 1 is 0.863 bits per heavy atom. The van der Waals surface area contributed by atoms with Crippen LogP contribution in [-0.2, 0) is 31.4 Å². The Bertz CT molecular complexity index is 2040. The molecule has 1 aromatic heterocycles. The minimum absolute atomic E-state index is 0.0407. The molecular weight excluding hydrogens is 650 g/mol. The number of benzene rings is 4. The zero-order chi connectivity index (χ0) is 35.5. The van der Waals surface area contributed by atoms with E-state index in [0.29, 0.717) is 67.7 Å². The summed E-state index contributed by atoms with van der Waals surface area (Å²) < 4.78 is 43.1. The van der Waals surface area contributed by atoms with Gasteiger partial charge in [-0.1, -0.05) is 54.6 Å². The first-order chi connectivity index (χ1) is 24.7. The lowest BCUT2D eigenvalue weighted by atomic mass is 9.92. The quantitative estimate of drug-likeness (QED) is 0.180. The molecule has 8 nitrogen and oxygen atoms in total. The van der Waals surface area contributed by atoms with Gasteiger partial charge in [0.2, 0.25) is 0 Å². The van der Waals surface area contributed by atoms with Crippen LogP contribution in [0.15, 0.2) is 97.1 Å². The van der Waals surface area contributed by atoms with Gasteiger partial charge in [-0.15, -0.1) is 0 Å². The lowest BCUT2D eigenvalue weighted by molar-refractivity contribution is 0.0193. The molecule has 0 radical (unpaired) electrons. The molecule has 1 N–H and O–H groups in total. The van der Waals surface area contributed by atoms with E-state index in [1.54, 1.807) is 53.8 Å². The highest BCUT2D eigenvalue weighted by Gasteiger charge is 2.34.